The van der Waals surface area contributed by atoms with Gasteiger partial charge >= 0.3 is 17.9 Å². The van der Waals surface area contributed by atoms with Crippen molar-refractivity contribution in [1.29, 1.82) is 0 Å². The van der Waals surface area contributed by atoms with Gasteiger partial charge in [-0.3, -0.25) is 14.4 Å². The Balaban J connectivity index is 4.26. The first kappa shape index (κ1) is 55.4. The van der Waals surface area contributed by atoms with Gasteiger partial charge in [-0.15, -0.1) is 0 Å². The van der Waals surface area contributed by atoms with E-state index in [1.165, 1.54) is 180 Å². The first-order valence-corrected chi connectivity index (χ1v) is 25.4. The number of rotatable bonds is 46. The maximum atomic E-state index is 12.8. The molecule has 6 nitrogen and oxygen atoms in total. The molecule has 0 saturated heterocycles. The Morgan fingerprint density at radius 2 is 0.579 bits per heavy atom. The van der Waals surface area contributed by atoms with Gasteiger partial charge in [0.1, 0.15) is 13.2 Å². The lowest BCUT2D eigenvalue weighted by Crippen LogP contribution is -2.30. The molecule has 0 fully saturated rings. The minimum Gasteiger partial charge on any atom is -0.462 e. The molecule has 0 amide bonds. The number of carbonyl (C=O) groups is 3. The lowest BCUT2D eigenvalue weighted by molar-refractivity contribution is -0.167. The van der Waals surface area contributed by atoms with Crippen molar-refractivity contribution < 1.29 is 28.6 Å². The van der Waals surface area contributed by atoms with Gasteiger partial charge in [0, 0.05) is 19.3 Å². The molecule has 0 aliphatic heterocycles. The van der Waals surface area contributed by atoms with E-state index in [2.05, 4.69) is 27.7 Å². The highest BCUT2D eigenvalue weighted by Gasteiger charge is 2.19. The molecule has 0 aliphatic rings. The topological polar surface area (TPSA) is 78.9 Å². The summed E-state index contributed by atoms with van der Waals surface area (Å²) in [7, 11) is 0. The van der Waals surface area contributed by atoms with Gasteiger partial charge in [0.2, 0.25) is 0 Å². The van der Waals surface area contributed by atoms with Crippen molar-refractivity contribution in [2.75, 3.05) is 13.2 Å². The molecule has 0 aromatic carbocycles. The van der Waals surface area contributed by atoms with Crippen LogP contribution in [0.15, 0.2) is 0 Å². The first-order chi connectivity index (χ1) is 27.9. The molecule has 0 aliphatic carbocycles. The van der Waals surface area contributed by atoms with Crippen LogP contribution in [0.2, 0.25) is 0 Å². The highest BCUT2D eigenvalue weighted by Crippen LogP contribution is 2.17. The van der Waals surface area contributed by atoms with E-state index in [-0.39, 0.29) is 31.1 Å². The van der Waals surface area contributed by atoms with Gasteiger partial charge < -0.3 is 14.2 Å². The number of hydrogen-bond donors (Lipinski definition) is 0. The molecule has 0 N–H and O–H groups in total. The number of ether oxygens (including phenoxy) is 3. The van der Waals surface area contributed by atoms with Crippen LogP contribution in [0, 0.1) is 5.92 Å². The Bertz CT molecular complexity index is 857. The predicted molar refractivity (Wildman–Crippen MR) is 243 cm³/mol. The van der Waals surface area contributed by atoms with Gasteiger partial charge in [0.15, 0.2) is 6.10 Å². The predicted octanol–water partition coefficient (Wildman–Crippen LogP) is 16.3. The van der Waals surface area contributed by atoms with E-state index in [0.717, 1.165) is 63.7 Å². The number of esters is 3. The second-order valence-electron chi connectivity index (χ2n) is 17.9. The molecule has 1 atom stereocenters. The summed E-state index contributed by atoms with van der Waals surface area (Å²) in [5.74, 6) is -0.0686. The van der Waals surface area contributed by atoms with E-state index in [9.17, 15) is 14.4 Å². The molecule has 338 valence electrons. The van der Waals surface area contributed by atoms with Crippen LogP contribution in [-0.4, -0.2) is 37.2 Å². The summed E-state index contributed by atoms with van der Waals surface area (Å²) in [6.07, 6.45) is 46.7. The summed E-state index contributed by atoms with van der Waals surface area (Å²) in [5.41, 5.74) is 0. The van der Waals surface area contributed by atoms with Crippen molar-refractivity contribution in [2.45, 2.75) is 291 Å². The van der Waals surface area contributed by atoms with Crippen molar-refractivity contribution >= 4 is 17.9 Å². The molecule has 0 unspecified atom stereocenters. The van der Waals surface area contributed by atoms with E-state index >= 15 is 0 Å². The average molecular weight is 807 g/mol. The largest absolute Gasteiger partial charge is 0.462 e. The number of unbranched alkanes of at least 4 members (excludes halogenated alkanes) is 33. The molecule has 57 heavy (non-hydrogen) atoms. The summed E-state index contributed by atoms with van der Waals surface area (Å²) in [5, 5.41) is 0. The maximum absolute atomic E-state index is 12.8. The zero-order valence-corrected chi connectivity index (χ0v) is 38.8. The van der Waals surface area contributed by atoms with E-state index < -0.39 is 6.10 Å². The van der Waals surface area contributed by atoms with E-state index in [4.69, 9.17) is 14.2 Å². The summed E-state index contributed by atoms with van der Waals surface area (Å²) in [6, 6.07) is 0. The molecule has 0 rings (SSSR count). The van der Waals surface area contributed by atoms with E-state index in [0.29, 0.717) is 19.3 Å². The van der Waals surface area contributed by atoms with Crippen LogP contribution >= 0.6 is 0 Å². The third kappa shape index (κ3) is 45.3. The quantitative estimate of drug-likeness (QED) is 0.0346. The lowest BCUT2D eigenvalue weighted by atomic mass is 10.0. The molecule has 0 saturated carbocycles. The van der Waals surface area contributed by atoms with Crippen molar-refractivity contribution in [1.82, 2.24) is 0 Å². The van der Waals surface area contributed by atoms with Crippen LogP contribution in [0.4, 0.5) is 0 Å². The number of hydrogen-bond acceptors (Lipinski definition) is 6. The van der Waals surface area contributed by atoms with Crippen molar-refractivity contribution in [3.05, 3.63) is 0 Å². The van der Waals surface area contributed by atoms with E-state index in [1.807, 2.05) is 0 Å². The highest BCUT2D eigenvalue weighted by molar-refractivity contribution is 5.71. The van der Waals surface area contributed by atoms with Gasteiger partial charge in [-0.2, -0.15) is 0 Å². The standard InChI is InChI=1S/C51H98O6/c1-5-7-9-11-13-15-17-18-19-20-21-22-23-25-27-31-36-40-44-51(54)57-48(46-56-50(53)43-39-35-32-28-29-33-37-41-47(3)4)45-55-49(52)42-38-34-30-26-24-16-14-12-10-8-6-2/h47-48H,5-46H2,1-4H3/t48-/m1/s1. The van der Waals surface area contributed by atoms with E-state index in [1.54, 1.807) is 0 Å². The summed E-state index contributed by atoms with van der Waals surface area (Å²) >= 11 is 0. The molecule has 0 heterocycles. The van der Waals surface area contributed by atoms with Gasteiger partial charge in [-0.05, 0) is 25.2 Å². The Labute approximate surface area is 355 Å². The molecule has 6 heteroatoms. The minimum atomic E-state index is -0.760. The normalized spacial score (nSPS) is 11.9. The molecule has 0 radical (unpaired) electrons. The van der Waals surface area contributed by atoms with Crippen LogP contribution in [0.5, 0.6) is 0 Å². The Morgan fingerprint density at radius 1 is 0.333 bits per heavy atom. The van der Waals surface area contributed by atoms with Crippen LogP contribution in [0.3, 0.4) is 0 Å². The van der Waals surface area contributed by atoms with Crippen molar-refractivity contribution in [2.24, 2.45) is 5.92 Å². The van der Waals surface area contributed by atoms with Crippen molar-refractivity contribution in [3.63, 3.8) is 0 Å². The Morgan fingerprint density at radius 3 is 0.860 bits per heavy atom. The fourth-order valence-electron chi connectivity index (χ4n) is 7.69. The smallest absolute Gasteiger partial charge is 0.306 e. The second kappa shape index (κ2) is 45.5. The average Bonchev–Trinajstić information content (AvgIpc) is 3.19. The molecule has 0 bridgehead atoms. The van der Waals surface area contributed by atoms with Gasteiger partial charge in [0.05, 0.1) is 0 Å². The van der Waals surface area contributed by atoms with Crippen LogP contribution in [-0.2, 0) is 28.6 Å². The Kier molecular flexibility index (Phi) is 44.2. The summed E-state index contributed by atoms with van der Waals surface area (Å²) in [6.45, 7) is 8.97. The zero-order valence-electron chi connectivity index (χ0n) is 38.8. The van der Waals surface area contributed by atoms with Gasteiger partial charge in [-0.25, -0.2) is 0 Å². The maximum Gasteiger partial charge on any atom is 0.306 e. The third-order valence-corrected chi connectivity index (χ3v) is 11.5. The highest BCUT2D eigenvalue weighted by atomic mass is 16.6. The Hall–Kier alpha value is -1.59. The van der Waals surface area contributed by atoms with Crippen LogP contribution < -0.4 is 0 Å². The van der Waals surface area contributed by atoms with Gasteiger partial charge in [0.25, 0.3) is 0 Å². The van der Waals surface area contributed by atoms with Crippen LogP contribution in [0.1, 0.15) is 285 Å². The SMILES string of the molecule is CCCCCCCCCCCCCCCCCCCCC(=O)O[C@H](COC(=O)CCCCCCCCCCCCC)COC(=O)CCCCCCCCCC(C)C. The fraction of sp³-hybridized carbons (Fsp3) is 0.941. The molecule has 0 aromatic rings. The molecule has 0 aromatic heterocycles. The monoisotopic (exact) mass is 807 g/mol. The first-order valence-electron chi connectivity index (χ1n) is 25.4. The number of carbonyl (C=O) groups excluding carboxylic acids is 3. The summed E-state index contributed by atoms with van der Waals surface area (Å²) < 4.78 is 16.8. The fourth-order valence-corrected chi connectivity index (χ4v) is 7.69. The molecule has 0 spiro atoms. The van der Waals surface area contributed by atoms with Crippen LogP contribution in [0.25, 0.3) is 0 Å². The second-order valence-corrected chi connectivity index (χ2v) is 17.9. The lowest BCUT2D eigenvalue weighted by Gasteiger charge is -2.18. The third-order valence-electron chi connectivity index (χ3n) is 11.5. The molecular formula is C51H98O6. The van der Waals surface area contributed by atoms with Crippen molar-refractivity contribution in [3.8, 4) is 0 Å². The summed E-state index contributed by atoms with van der Waals surface area (Å²) in [4.78, 5) is 37.8. The zero-order chi connectivity index (χ0) is 41.7. The van der Waals surface area contributed by atoms with Gasteiger partial charge in [-0.1, -0.05) is 246 Å². The minimum absolute atomic E-state index is 0.0637. The molecular weight excluding hydrogens is 709 g/mol.